The molecule has 1 saturated heterocycles. The van der Waals surface area contributed by atoms with Crippen LogP contribution in [-0.4, -0.2) is 22.5 Å². The molecule has 0 bridgehead atoms. The maximum absolute atomic E-state index is 5.51. The van der Waals surface area contributed by atoms with E-state index in [9.17, 15) is 0 Å². The van der Waals surface area contributed by atoms with Crippen LogP contribution in [0.5, 0.6) is 0 Å². The third-order valence-electron chi connectivity index (χ3n) is 2.34. The molecule has 0 unspecified atom stereocenters. The van der Waals surface area contributed by atoms with Crippen LogP contribution >= 0.6 is 0 Å². The van der Waals surface area contributed by atoms with Gasteiger partial charge in [0.25, 0.3) is 0 Å². The van der Waals surface area contributed by atoms with Crippen molar-refractivity contribution in [3.8, 4) is 0 Å². The minimum atomic E-state index is 0.352. The van der Waals surface area contributed by atoms with Gasteiger partial charge in [-0.15, -0.1) is 0 Å². The lowest BCUT2D eigenvalue weighted by molar-refractivity contribution is 0.0940. The number of nitrogens with zero attached hydrogens (tertiary/aromatic N) is 2. The number of ether oxygens (including phenoxy) is 1. The summed E-state index contributed by atoms with van der Waals surface area (Å²) in [5.41, 5.74) is 6.57. The predicted octanol–water partition coefficient (Wildman–Crippen LogP) is 0.521. The number of rotatable bonds is 3. The fourth-order valence-corrected chi connectivity index (χ4v) is 1.61. The van der Waals surface area contributed by atoms with E-state index in [0.717, 1.165) is 25.1 Å². The molecule has 2 heterocycles. The van der Waals surface area contributed by atoms with Crippen LogP contribution < -0.4 is 5.73 Å². The minimum absolute atomic E-state index is 0.352. The van der Waals surface area contributed by atoms with Gasteiger partial charge in [-0.2, -0.15) is 5.10 Å². The summed E-state index contributed by atoms with van der Waals surface area (Å²) in [6.07, 6.45) is 6.48. The number of hydrogen-bond acceptors (Lipinski definition) is 3. The molecule has 0 saturated carbocycles. The van der Waals surface area contributed by atoms with Crippen molar-refractivity contribution >= 4 is 0 Å². The SMILES string of the molecule is NCc1cnn(C[C@H]2CCCO2)c1. The highest BCUT2D eigenvalue weighted by molar-refractivity contribution is 5.02. The molecule has 4 nitrogen and oxygen atoms in total. The van der Waals surface area contributed by atoms with E-state index < -0.39 is 0 Å². The summed E-state index contributed by atoms with van der Waals surface area (Å²) in [7, 11) is 0. The standard InChI is InChI=1S/C9H15N3O/c10-4-8-5-11-12(6-8)7-9-2-1-3-13-9/h5-6,9H,1-4,7,10H2/t9-/m1/s1. The van der Waals surface area contributed by atoms with Gasteiger partial charge in [0, 0.05) is 24.9 Å². The van der Waals surface area contributed by atoms with Crippen LogP contribution in [0.1, 0.15) is 18.4 Å². The van der Waals surface area contributed by atoms with E-state index in [0.29, 0.717) is 12.6 Å². The summed E-state index contributed by atoms with van der Waals surface area (Å²) in [5.74, 6) is 0. The molecule has 1 atom stereocenters. The zero-order valence-electron chi connectivity index (χ0n) is 7.65. The van der Waals surface area contributed by atoms with Crippen LogP contribution in [0.25, 0.3) is 0 Å². The van der Waals surface area contributed by atoms with Crippen LogP contribution in [0.15, 0.2) is 12.4 Å². The van der Waals surface area contributed by atoms with Gasteiger partial charge in [-0.1, -0.05) is 0 Å². The largest absolute Gasteiger partial charge is 0.376 e. The maximum atomic E-state index is 5.51. The van der Waals surface area contributed by atoms with E-state index in [4.69, 9.17) is 10.5 Å². The van der Waals surface area contributed by atoms with Crippen molar-refractivity contribution in [1.82, 2.24) is 9.78 Å². The van der Waals surface area contributed by atoms with Crippen molar-refractivity contribution in [2.45, 2.75) is 32.0 Å². The number of aromatic nitrogens is 2. The average molecular weight is 181 g/mol. The van der Waals surface area contributed by atoms with E-state index >= 15 is 0 Å². The summed E-state index contributed by atoms with van der Waals surface area (Å²) >= 11 is 0. The first-order valence-electron chi connectivity index (χ1n) is 4.71. The Balaban J connectivity index is 1.92. The van der Waals surface area contributed by atoms with Gasteiger partial charge in [0.05, 0.1) is 18.8 Å². The monoisotopic (exact) mass is 181 g/mol. The highest BCUT2D eigenvalue weighted by Gasteiger charge is 2.15. The molecule has 2 N–H and O–H groups in total. The van der Waals surface area contributed by atoms with Crippen LogP contribution in [-0.2, 0) is 17.8 Å². The van der Waals surface area contributed by atoms with Crippen molar-refractivity contribution < 1.29 is 4.74 Å². The highest BCUT2D eigenvalue weighted by atomic mass is 16.5. The summed E-state index contributed by atoms with van der Waals surface area (Å²) in [4.78, 5) is 0. The molecule has 0 aromatic carbocycles. The second kappa shape index (κ2) is 3.89. The van der Waals surface area contributed by atoms with Crippen LogP contribution in [0.2, 0.25) is 0 Å². The Labute approximate surface area is 77.7 Å². The fraction of sp³-hybridized carbons (Fsp3) is 0.667. The Hall–Kier alpha value is -0.870. The van der Waals surface area contributed by atoms with E-state index in [1.807, 2.05) is 17.1 Å². The topological polar surface area (TPSA) is 53.1 Å². The molecule has 4 heteroatoms. The Morgan fingerprint density at radius 3 is 3.23 bits per heavy atom. The summed E-state index contributed by atoms with van der Waals surface area (Å²) in [6.45, 7) is 2.32. The number of nitrogens with two attached hydrogens (primary N) is 1. The zero-order chi connectivity index (χ0) is 9.10. The van der Waals surface area contributed by atoms with Gasteiger partial charge < -0.3 is 10.5 Å². The second-order valence-corrected chi connectivity index (χ2v) is 3.41. The van der Waals surface area contributed by atoms with Gasteiger partial charge in [0.15, 0.2) is 0 Å². The Bertz CT molecular complexity index is 266. The van der Waals surface area contributed by atoms with Crippen molar-refractivity contribution in [2.24, 2.45) is 5.73 Å². The van der Waals surface area contributed by atoms with Crippen molar-refractivity contribution in [3.63, 3.8) is 0 Å². The highest BCUT2D eigenvalue weighted by Crippen LogP contribution is 2.13. The van der Waals surface area contributed by atoms with Crippen LogP contribution in [0.3, 0.4) is 0 Å². The first-order chi connectivity index (χ1) is 6.38. The first kappa shape index (κ1) is 8.72. The van der Waals surface area contributed by atoms with E-state index in [1.165, 1.54) is 6.42 Å². The fourth-order valence-electron chi connectivity index (χ4n) is 1.61. The molecule has 1 aliphatic rings. The van der Waals surface area contributed by atoms with Gasteiger partial charge >= 0.3 is 0 Å². The average Bonchev–Trinajstić information content (AvgIpc) is 2.76. The zero-order valence-corrected chi connectivity index (χ0v) is 7.65. The lowest BCUT2D eigenvalue weighted by Gasteiger charge is -2.08. The van der Waals surface area contributed by atoms with Crippen LogP contribution in [0, 0.1) is 0 Å². The Kier molecular flexibility index (Phi) is 2.61. The smallest absolute Gasteiger partial charge is 0.0771 e. The van der Waals surface area contributed by atoms with Gasteiger partial charge in [-0.05, 0) is 12.8 Å². The van der Waals surface area contributed by atoms with Crippen molar-refractivity contribution in [2.75, 3.05) is 6.61 Å². The molecular weight excluding hydrogens is 166 g/mol. The molecular formula is C9H15N3O. The third kappa shape index (κ3) is 2.08. The van der Waals surface area contributed by atoms with Gasteiger partial charge in [0.2, 0.25) is 0 Å². The lowest BCUT2D eigenvalue weighted by atomic mass is 10.2. The van der Waals surface area contributed by atoms with Crippen molar-refractivity contribution in [3.05, 3.63) is 18.0 Å². The molecule has 1 aromatic heterocycles. The summed E-state index contributed by atoms with van der Waals surface area (Å²) < 4.78 is 7.42. The Morgan fingerprint density at radius 2 is 2.62 bits per heavy atom. The lowest BCUT2D eigenvalue weighted by Crippen LogP contribution is -2.15. The molecule has 0 aliphatic carbocycles. The normalized spacial score (nSPS) is 22.4. The number of hydrogen-bond donors (Lipinski definition) is 1. The van der Waals surface area contributed by atoms with Gasteiger partial charge in [-0.25, -0.2) is 0 Å². The van der Waals surface area contributed by atoms with E-state index in [2.05, 4.69) is 5.10 Å². The minimum Gasteiger partial charge on any atom is -0.376 e. The molecule has 1 aromatic rings. The molecule has 0 amide bonds. The summed E-state index contributed by atoms with van der Waals surface area (Å²) in [6, 6.07) is 0. The second-order valence-electron chi connectivity index (χ2n) is 3.41. The quantitative estimate of drug-likeness (QED) is 0.739. The molecule has 1 aliphatic heterocycles. The molecule has 2 rings (SSSR count). The molecule has 13 heavy (non-hydrogen) atoms. The predicted molar refractivity (Wildman–Crippen MR) is 49.1 cm³/mol. The molecule has 0 radical (unpaired) electrons. The van der Waals surface area contributed by atoms with Crippen molar-refractivity contribution in [1.29, 1.82) is 0 Å². The molecule has 1 fully saturated rings. The molecule has 0 spiro atoms. The molecule has 72 valence electrons. The first-order valence-corrected chi connectivity index (χ1v) is 4.71. The van der Waals surface area contributed by atoms with E-state index in [-0.39, 0.29) is 0 Å². The van der Waals surface area contributed by atoms with Gasteiger partial charge in [-0.3, -0.25) is 4.68 Å². The Morgan fingerprint density at radius 1 is 1.69 bits per heavy atom. The maximum Gasteiger partial charge on any atom is 0.0771 e. The van der Waals surface area contributed by atoms with Crippen LogP contribution in [0.4, 0.5) is 0 Å². The summed E-state index contributed by atoms with van der Waals surface area (Å²) in [5, 5.41) is 4.21. The van der Waals surface area contributed by atoms with Gasteiger partial charge in [0.1, 0.15) is 0 Å². The van der Waals surface area contributed by atoms with E-state index in [1.54, 1.807) is 0 Å². The third-order valence-corrected chi connectivity index (χ3v) is 2.34.